The number of aliphatic imine (C=N–C) groups is 1. The number of carbonyl (C=O) groups excluding carboxylic acids is 2. The van der Waals surface area contributed by atoms with Crippen molar-refractivity contribution in [2.24, 2.45) is 10.9 Å². The van der Waals surface area contributed by atoms with Crippen LogP contribution in [0.3, 0.4) is 0 Å². The van der Waals surface area contributed by atoms with E-state index in [0.29, 0.717) is 24.0 Å². The Balaban J connectivity index is 1.55. The Morgan fingerprint density at radius 2 is 1.57 bits per heavy atom. The molecular formula is C26H19NO3. The molecule has 0 amide bonds. The van der Waals surface area contributed by atoms with Crippen molar-refractivity contribution >= 4 is 17.3 Å². The molecule has 0 fully saturated rings. The highest BCUT2D eigenvalue weighted by Crippen LogP contribution is 2.50. The lowest BCUT2D eigenvalue weighted by Crippen LogP contribution is -2.34. The van der Waals surface area contributed by atoms with Crippen molar-refractivity contribution in [2.45, 2.75) is 24.7 Å². The molecule has 4 heteroatoms. The molecule has 30 heavy (non-hydrogen) atoms. The van der Waals surface area contributed by atoms with Crippen LogP contribution in [0.1, 0.15) is 51.9 Å². The zero-order valence-corrected chi connectivity index (χ0v) is 16.2. The van der Waals surface area contributed by atoms with E-state index in [-0.39, 0.29) is 23.4 Å². The fraction of sp³-hybridized carbons (Fsp3) is 0.192. The monoisotopic (exact) mass is 393 g/mol. The van der Waals surface area contributed by atoms with Crippen LogP contribution in [0.25, 0.3) is 0 Å². The average Bonchev–Trinajstić information content (AvgIpc) is 3.41. The van der Waals surface area contributed by atoms with Crippen molar-refractivity contribution < 1.29 is 14.0 Å². The SMILES string of the molecule is O=C1C[C@@H](c2ccco2)CC2=C1[C@H](c1ccccc1)[C@H]1C(=O)c3ccccc3C1=N2. The highest BCUT2D eigenvalue weighted by molar-refractivity contribution is 6.30. The van der Waals surface area contributed by atoms with Gasteiger partial charge >= 0.3 is 0 Å². The number of rotatable bonds is 2. The number of benzene rings is 2. The summed E-state index contributed by atoms with van der Waals surface area (Å²) in [5, 5.41) is 0. The molecule has 4 nitrogen and oxygen atoms in total. The van der Waals surface area contributed by atoms with Gasteiger partial charge in [0.2, 0.25) is 0 Å². The molecule has 2 heterocycles. The number of ketones is 2. The van der Waals surface area contributed by atoms with Gasteiger partial charge in [0.1, 0.15) is 5.76 Å². The van der Waals surface area contributed by atoms with Crippen LogP contribution < -0.4 is 0 Å². The predicted molar refractivity (Wildman–Crippen MR) is 113 cm³/mol. The van der Waals surface area contributed by atoms with Crippen LogP contribution in [-0.4, -0.2) is 17.3 Å². The van der Waals surface area contributed by atoms with Crippen molar-refractivity contribution in [3.63, 3.8) is 0 Å². The van der Waals surface area contributed by atoms with Gasteiger partial charge in [0.15, 0.2) is 11.6 Å². The van der Waals surface area contributed by atoms with Crippen molar-refractivity contribution in [2.75, 3.05) is 0 Å². The molecule has 0 bridgehead atoms. The van der Waals surface area contributed by atoms with Crippen molar-refractivity contribution in [3.8, 4) is 0 Å². The van der Waals surface area contributed by atoms with Crippen molar-refractivity contribution in [1.29, 1.82) is 0 Å². The van der Waals surface area contributed by atoms with Crippen LogP contribution in [0.15, 0.2) is 93.7 Å². The van der Waals surface area contributed by atoms with Crippen LogP contribution in [-0.2, 0) is 4.79 Å². The largest absolute Gasteiger partial charge is 0.469 e. The smallest absolute Gasteiger partial charge is 0.173 e. The molecule has 6 rings (SSSR count). The van der Waals surface area contributed by atoms with Gasteiger partial charge in [0.25, 0.3) is 0 Å². The molecule has 1 aliphatic heterocycles. The third-order valence-electron chi connectivity index (χ3n) is 6.53. The maximum atomic E-state index is 13.4. The second kappa shape index (κ2) is 6.49. The zero-order valence-electron chi connectivity index (χ0n) is 16.2. The Labute approximate surface area is 174 Å². The van der Waals surface area contributed by atoms with E-state index < -0.39 is 5.92 Å². The lowest BCUT2D eigenvalue weighted by atomic mass is 9.69. The van der Waals surface area contributed by atoms with E-state index in [0.717, 1.165) is 28.3 Å². The summed E-state index contributed by atoms with van der Waals surface area (Å²) in [7, 11) is 0. The third kappa shape index (κ3) is 2.43. The lowest BCUT2D eigenvalue weighted by molar-refractivity contribution is -0.116. The molecule has 0 radical (unpaired) electrons. The number of furan rings is 1. The molecule has 0 saturated heterocycles. The summed E-state index contributed by atoms with van der Waals surface area (Å²) in [6.45, 7) is 0. The lowest BCUT2D eigenvalue weighted by Gasteiger charge is -2.35. The normalized spacial score (nSPS) is 24.9. The number of Topliss-reactive ketones (excluding diaryl/α,β-unsaturated/α-hetero) is 2. The van der Waals surface area contributed by atoms with Gasteiger partial charge in [-0.1, -0.05) is 54.6 Å². The Hall–Kier alpha value is -3.53. The fourth-order valence-electron chi connectivity index (χ4n) is 5.24. The van der Waals surface area contributed by atoms with Gasteiger partial charge in [-0.05, 0) is 17.7 Å². The molecule has 3 atom stereocenters. The zero-order chi connectivity index (χ0) is 20.2. The van der Waals surface area contributed by atoms with Crippen molar-refractivity contribution in [3.05, 3.63) is 107 Å². The summed E-state index contributed by atoms with van der Waals surface area (Å²) < 4.78 is 5.60. The molecule has 0 N–H and O–H groups in total. The summed E-state index contributed by atoms with van der Waals surface area (Å²) in [5.41, 5.74) is 4.91. The number of carbonyl (C=O) groups is 2. The van der Waals surface area contributed by atoms with Gasteiger partial charge < -0.3 is 4.42 Å². The first kappa shape index (κ1) is 17.3. The topological polar surface area (TPSA) is 59.6 Å². The Kier molecular flexibility index (Phi) is 3.75. The van der Waals surface area contributed by atoms with Gasteiger partial charge in [-0.25, -0.2) is 0 Å². The van der Waals surface area contributed by atoms with Crippen molar-refractivity contribution in [1.82, 2.24) is 0 Å². The molecule has 0 spiro atoms. The molecular weight excluding hydrogens is 374 g/mol. The van der Waals surface area contributed by atoms with Crippen LogP contribution in [0.2, 0.25) is 0 Å². The second-order valence-electron chi connectivity index (χ2n) is 8.18. The van der Waals surface area contributed by atoms with Gasteiger partial charge in [0, 0.05) is 47.1 Å². The number of allylic oxidation sites excluding steroid dienone is 2. The number of hydrogen-bond acceptors (Lipinski definition) is 4. The fourth-order valence-corrected chi connectivity index (χ4v) is 5.24. The van der Waals surface area contributed by atoms with E-state index in [4.69, 9.17) is 9.41 Å². The van der Waals surface area contributed by atoms with Crippen LogP contribution in [0.4, 0.5) is 0 Å². The van der Waals surface area contributed by atoms with E-state index in [2.05, 4.69) is 0 Å². The highest BCUT2D eigenvalue weighted by atomic mass is 16.3. The molecule has 1 aromatic heterocycles. The Morgan fingerprint density at radius 1 is 0.800 bits per heavy atom. The summed E-state index contributed by atoms with van der Waals surface area (Å²) in [6, 6.07) is 21.4. The van der Waals surface area contributed by atoms with Gasteiger partial charge in [0.05, 0.1) is 17.9 Å². The molecule has 2 aliphatic carbocycles. The standard InChI is InChI=1S/C26H19NO3/c28-20-14-16(21-11-6-12-30-21)13-19-23(20)22(15-7-2-1-3-8-15)24-25(27-19)17-9-4-5-10-18(17)26(24)29/h1-12,16,22,24H,13-14H2/t16-,22-,24+/m0/s1. The quantitative estimate of drug-likeness (QED) is 0.610. The first-order valence-electron chi connectivity index (χ1n) is 10.3. The van der Waals surface area contributed by atoms with E-state index in [1.165, 1.54) is 0 Å². The maximum Gasteiger partial charge on any atom is 0.173 e. The first-order chi connectivity index (χ1) is 14.7. The minimum Gasteiger partial charge on any atom is -0.469 e. The summed E-state index contributed by atoms with van der Waals surface area (Å²) in [4.78, 5) is 31.8. The Bertz CT molecular complexity index is 1230. The molecule has 3 aromatic rings. The summed E-state index contributed by atoms with van der Waals surface area (Å²) in [5.74, 6) is 0.197. The van der Waals surface area contributed by atoms with E-state index in [1.54, 1.807) is 6.26 Å². The molecule has 3 aliphatic rings. The van der Waals surface area contributed by atoms with Gasteiger partial charge in [-0.15, -0.1) is 0 Å². The van der Waals surface area contributed by atoms with Gasteiger partial charge in [-0.3, -0.25) is 14.6 Å². The van der Waals surface area contributed by atoms with Crippen LogP contribution >= 0.6 is 0 Å². The van der Waals surface area contributed by atoms with Crippen LogP contribution in [0, 0.1) is 5.92 Å². The average molecular weight is 393 g/mol. The molecule has 2 aromatic carbocycles. The van der Waals surface area contributed by atoms with E-state index in [9.17, 15) is 9.59 Å². The Morgan fingerprint density at radius 3 is 2.33 bits per heavy atom. The molecule has 0 saturated carbocycles. The number of fused-ring (bicyclic) bond motifs is 3. The minimum absolute atomic E-state index is 0.0177. The number of hydrogen-bond donors (Lipinski definition) is 0. The second-order valence-corrected chi connectivity index (χ2v) is 8.18. The predicted octanol–water partition coefficient (Wildman–Crippen LogP) is 5.08. The maximum absolute atomic E-state index is 13.4. The number of nitrogens with zero attached hydrogens (tertiary/aromatic N) is 1. The third-order valence-corrected chi connectivity index (χ3v) is 6.53. The summed E-state index contributed by atoms with van der Waals surface area (Å²) >= 11 is 0. The first-order valence-corrected chi connectivity index (χ1v) is 10.3. The van der Waals surface area contributed by atoms with E-state index >= 15 is 0 Å². The highest BCUT2D eigenvalue weighted by Gasteiger charge is 2.49. The van der Waals surface area contributed by atoms with E-state index in [1.807, 2.05) is 66.7 Å². The molecule has 0 unspecified atom stereocenters. The summed E-state index contributed by atoms with van der Waals surface area (Å²) in [6.07, 6.45) is 2.67. The van der Waals surface area contributed by atoms with Gasteiger partial charge in [-0.2, -0.15) is 0 Å². The molecule has 146 valence electrons. The minimum atomic E-state index is -0.437. The van der Waals surface area contributed by atoms with Crippen LogP contribution in [0.5, 0.6) is 0 Å².